The zero-order valence-electron chi connectivity index (χ0n) is 10.0. The summed E-state index contributed by atoms with van der Waals surface area (Å²) in [6.07, 6.45) is 3.35. The van der Waals surface area contributed by atoms with Crippen LogP contribution in [0.1, 0.15) is 47.0 Å². The lowest BCUT2D eigenvalue weighted by Crippen LogP contribution is -2.39. The summed E-state index contributed by atoms with van der Waals surface area (Å²) >= 11 is 0. The molecule has 0 rings (SSSR count). The molecule has 0 aromatic carbocycles. The van der Waals surface area contributed by atoms with Crippen LogP contribution >= 0.6 is 0 Å². The van der Waals surface area contributed by atoms with Gasteiger partial charge in [-0.15, -0.1) is 0 Å². The quantitative estimate of drug-likeness (QED) is 0.679. The highest BCUT2D eigenvalue weighted by Gasteiger charge is 2.17. The van der Waals surface area contributed by atoms with Gasteiger partial charge >= 0.3 is 0 Å². The molecule has 2 nitrogen and oxygen atoms in total. The maximum absolute atomic E-state index is 11.8. The maximum Gasteiger partial charge on any atom is 0.0470 e. The van der Waals surface area contributed by atoms with E-state index in [0.29, 0.717) is 6.04 Å². The van der Waals surface area contributed by atoms with E-state index in [4.69, 9.17) is 0 Å². The second-order valence-electron chi connectivity index (χ2n) is 3.89. The highest BCUT2D eigenvalue weighted by Crippen LogP contribution is 2.05. The summed E-state index contributed by atoms with van der Waals surface area (Å²) in [4.78, 5) is 0. The number of rotatable bonds is 8. The summed E-state index contributed by atoms with van der Waals surface area (Å²) in [5.74, 6) is 0.857. The van der Waals surface area contributed by atoms with E-state index in [-0.39, 0.29) is 5.25 Å². The molecule has 1 N–H and O–H groups in total. The Morgan fingerprint density at radius 3 is 2.36 bits per heavy atom. The normalized spacial score (nSPS) is 17.7. The fraction of sp³-hybridized carbons (Fsp3) is 1.00. The molecular weight excluding hydrogens is 194 g/mol. The molecule has 0 bridgehead atoms. The van der Waals surface area contributed by atoms with Crippen LogP contribution in [-0.4, -0.2) is 27.8 Å². The summed E-state index contributed by atoms with van der Waals surface area (Å²) < 4.78 is 11.8. The molecule has 0 saturated carbocycles. The first-order valence-electron chi connectivity index (χ1n) is 5.74. The van der Waals surface area contributed by atoms with Gasteiger partial charge < -0.3 is 5.32 Å². The van der Waals surface area contributed by atoms with Gasteiger partial charge in [0, 0.05) is 27.8 Å². The second kappa shape index (κ2) is 8.42. The van der Waals surface area contributed by atoms with Crippen molar-refractivity contribution in [3.05, 3.63) is 0 Å². The zero-order valence-corrected chi connectivity index (χ0v) is 10.8. The van der Waals surface area contributed by atoms with Gasteiger partial charge in [-0.25, -0.2) is 0 Å². The van der Waals surface area contributed by atoms with Gasteiger partial charge in [-0.3, -0.25) is 4.21 Å². The first-order chi connectivity index (χ1) is 6.63. The summed E-state index contributed by atoms with van der Waals surface area (Å²) in [6.45, 7) is 9.53. The van der Waals surface area contributed by atoms with E-state index < -0.39 is 10.8 Å². The van der Waals surface area contributed by atoms with Gasteiger partial charge in [-0.05, 0) is 33.2 Å². The topological polar surface area (TPSA) is 29.1 Å². The van der Waals surface area contributed by atoms with Gasteiger partial charge in [0.15, 0.2) is 0 Å². The predicted molar refractivity (Wildman–Crippen MR) is 65.1 cm³/mol. The minimum atomic E-state index is -0.661. The standard InChI is InChI=1S/C11H25NOS/c1-5-7-9-14(13)11(4)10(3)12-8-6-2/h10-12H,5-9H2,1-4H3. The molecule has 0 aliphatic carbocycles. The largest absolute Gasteiger partial charge is 0.313 e. The van der Waals surface area contributed by atoms with Gasteiger partial charge in [0.05, 0.1) is 0 Å². The maximum atomic E-state index is 11.8. The van der Waals surface area contributed by atoms with Gasteiger partial charge in [0.2, 0.25) is 0 Å². The molecule has 3 heteroatoms. The molecule has 0 amide bonds. The minimum absolute atomic E-state index is 0.271. The van der Waals surface area contributed by atoms with Crippen LogP contribution in [0, 0.1) is 0 Å². The summed E-state index contributed by atoms with van der Waals surface area (Å²) in [6, 6.07) is 0.368. The van der Waals surface area contributed by atoms with E-state index in [0.717, 1.165) is 31.6 Å². The van der Waals surface area contributed by atoms with Crippen LogP contribution in [0.4, 0.5) is 0 Å². The SMILES string of the molecule is CCCCS(=O)C(C)C(C)NCCC. The van der Waals surface area contributed by atoms with Crippen molar-refractivity contribution < 1.29 is 4.21 Å². The predicted octanol–water partition coefficient (Wildman–Crippen LogP) is 2.31. The van der Waals surface area contributed by atoms with Crippen molar-refractivity contribution in [2.24, 2.45) is 0 Å². The van der Waals surface area contributed by atoms with Crippen LogP contribution in [0.5, 0.6) is 0 Å². The third-order valence-electron chi connectivity index (χ3n) is 2.53. The fourth-order valence-corrected chi connectivity index (χ4v) is 2.73. The highest BCUT2D eigenvalue weighted by atomic mass is 32.2. The van der Waals surface area contributed by atoms with E-state index in [1.165, 1.54) is 0 Å². The summed E-state index contributed by atoms with van der Waals surface area (Å²) in [5.41, 5.74) is 0. The molecule has 0 fully saturated rings. The molecule has 0 aliphatic heterocycles. The lowest BCUT2D eigenvalue weighted by atomic mass is 10.2. The highest BCUT2D eigenvalue weighted by molar-refractivity contribution is 7.85. The van der Waals surface area contributed by atoms with E-state index in [1.807, 2.05) is 0 Å². The number of hydrogen-bond acceptors (Lipinski definition) is 2. The van der Waals surface area contributed by atoms with Crippen molar-refractivity contribution in [1.82, 2.24) is 5.32 Å². The number of hydrogen-bond donors (Lipinski definition) is 1. The van der Waals surface area contributed by atoms with Crippen molar-refractivity contribution >= 4 is 10.8 Å². The molecule has 0 heterocycles. The zero-order chi connectivity index (χ0) is 11.0. The monoisotopic (exact) mass is 219 g/mol. The molecule has 3 unspecified atom stereocenters. The van der Waals surface area contributed by atoms with Crippen LogP contribution in [0.2, 0.25) is 0 Å². The van der Waals surface area contributed by atoms with Crippen molar-refractivity contribution in [3.63, 3.8) is 0 Å². The van der Waals surface area contributed by atoms with Gasteiger partial charge in [-0.1, -0.05) is 20.3 Å². The average molecular weight is 219 g/mol. The molecule has 3 atom stereocenters. The lowest BCUT2D eigenvalue weighted by Gasteiger charge is -2.20. The van der Waals surface area contributed by atoms with Gasteiger partial charge in [-0.2, -0.15) is 0 Å². The van der Waals surface area contributed by atoms with E-state index in [2.05, 4.69) is 33.0 Å². The molecule has 0 aliphatic rings. The van der Waals surface area contributed by atoms with Gasteiger partial charge in [0.1, 0.15) is 0 Å². The third kappa shape index (κ3) is 5.76. The minimum Gasteiger partial charge on any atom is -0.313 e. The Morgan fingerprint density at radius 2 is 1.86 bits per heavy atom. The Morgan fingerprint density at radius 1 is 1.21 bits per heavy atom. The Kier molecular flexibility index (Phi) is 8.49. The molecule has 0 saturated heterocycles. The first kappa shape index (κ1) is 14.1. The van der Waals surface area contributed by atoms with Crippen molar-refractivity contribution in [1.29, 1.82) is 0 Å². The Hall–Kier alpha value is 0.110. The smallest absolute Gasteiger partial charge is 0.0470 e. The van der Waals surface area contributed by atoms with Crippen LogP contribution in [0.3, 0.4) is 0 Å². The third-order valence-corrected chi connectivity index (χ3v) is 4.46. The molecule has 0 spiro atoms. The molecule has 0 radical (unpaired) electrons. The van der Waals surface area contributed by atoms with Crippen LogP contribution in [0.15, 0.2) is 0 Å². The van der Waals surface area contributed by atoms with E-state index >= 15 is 0 Å². The van der Waals surface area contributed by atoms with Crippen molar-refractivity contribution in [2.75, 3.05) is 12.3 Å². The number of nitrogens with one attached hydrogen (secondary N) is 1. The fourth-order valence-electron chi connectivity index (χ4n) is 1.24. The Balaban J connectivity index is 3.78. The van der Waals surface area contributed by atoms with E-state index in [9.17, 15) is 4.21 Å². The van der Waals surface area contributed by atoms with Gasteiger partial charge in [0.25, 0.3) is 0 Å². The van der Waals surface area contributed by atoms with E-state index in [1.54, 1.807) is 0 Å². The van der Waals surface area contributed by atoms with Crippen molar-refractivity contribution in [2.45, 2.75) is 58.2 Å². The molecule has 14 heavy (non-hydrogen) atoms. The number of unbranched alkanes of at least 4 members (excludes halogenated alkanes) is 1. The Labute approximate surface area is 91.3 Å². The summed E-state index contributed by atoms with van der Waals surface area (Å²) in [7, 11) is -0.661. The van der Waals surface area contributed by atoms with Crippen LogP contribution in [0.25, 0.3) is 0 Å². The van der Waals surface area contributed by atoms with Crippen LogP contribution in [-0.2, 0) is 10.8 Å². The average Bonchev–Trinajstić information content (AvgIpc) is 2.21. The molecule has 86 valence electrons. The first-order valence-corrected chi connectivity index (χ1v) is 7.12. The molecule has 0 aromatic heterocycles. The summed E-state index contributed by atoms with van der Waals surface area (Å²) in [5, 5.41) is 3.67. The van der Waals surface area contributed by atoms with Crippen LogP contribution < -0.4 is 5.32 Å². The second-order valence-corrected chi connectivity index (χ2v) is 5.80. The molecule has 0 aromatic rings. The van der Waals surface area contributed by atoms with Crippen molar-refractivity contribution in [3.8, 4) is 0 Å². The molecular formula is C11H25NOS. The Bertz CT molecular complexity index is 161. The lowest BCUT2D eigenvalue weighted by molar-refractivity contribution is 0.531.